The number of hydrogen-bond acceptors (Lipinski definition) is 8. The summed E-state index contributed by atoms with van der Waals surface area (Å²) in [4.78, 5) is 22.7. The molecule has 252 valence electrons. The quantitative estimate of drug-likeness (QED) is 0.0575. The number of carbonyl (C=O) groups excluding carboxylic acids is 1. The van der Waals surface area contributed by atoms with E-state index in [1.807, 2.05) is 91.0 Å². The lowest BCUT2D eigenvalue weighted by atomic mass is 9.82. The van der Waals surface area contributed by atoms with Crippen molar-refractivity contribution >= 4 is 17.9 Å². The van der Waals surface area contributed by atoms with E-state index in [9.17, 15) is 4.79 Å². The normalized spacial score (nSPS) is 16.7. The number of aliphatic imine (C=N–C) groups is 1. The molecule has 0 saturated carbocycles. The third kappa shape index (κ3) is 8.39. The van der Waals surface area contributed by atoms with Crippen LogP contribution in [0.5, 0.6) is 17.2 Å². The fourth-order valence-corrected chi connectivity index (χ4v) is 5.60. The van der Waals surface area contributed by atoms with Crippen molar-refractivity contribution in [3.05, 3.63) is 141 Å². The molecule has 4 aromatic carbocycles. The van der Waals surface area contributed by atoms with Crippen LogP contribution < -0.4 is 19.5 Å². The molecule has 1 heterocycles. The molecule has 1 amide bonds. The lowest BCUT2D eigenvalue weighted by Crippen LogP contribution is -2.48. The predicted molar refractivity (Wildman–Crippen MR) is 188 cm³/mol. The van der Waals surface area contributed by atoms with Crippen molar-refractivity contribution in [1.29, 1.82) is 0 Å². The average Bonchev–Trinajstić information content (AvgIpc) is 3.54. The topological polar surface area (TPSA) is 147 Å². The molecule has 5 rings (SSSR count). The van der Waals surface area contributed by atoms with Crippen LogP contribution >= 0.6 is 0 Å². The molecule has 0 fully saturated rings. The molecule has 11 heteroatoms. The maximum atomic E-state index is 14.7. The number of nitrogens with zero attached hydrogens (tertiary/aromatic N) is 4. The molecule has 0 bridgehead atoms. The van der Waals surface area contributed by atoms with E-state index in [-0.39, 0.29) is 37.9 Å². The third-order valence-electron chi connectivity index (χ3n) is 8.14. The van der Waals surface area contributed by atoms with Crippen LogP contribution in [0.3, 0.4) is 0 Å². The minimum Gasteiger partial charge on any atom is -0.497 e. The number of carbonyl (C=O) groups is 1. The lowest BCUT2D eigenvalue weighted by molar-refractivity contribution is -0.129. The maximum absolute atomic E-state index is 14.7. The SMILES string of the molecule is COc1ccc(CNC(=O)[C@]2(C/C=C/c3ccccc3)N=C(c3ccc(OCCCO)cc3)O[C@@H]2c2ccccc2CN=[N+]=[N-])c(OC)c1. The fourth-order valence-electron chi connectivity index (χ4n) is 5.60. The predicted octanol–water partition coefficient (Wildman–Crippen LogP) is 6.95. The second kappa shape index (κ2) is 16.9. The number of ether oxygens (including phenoxy) is 4. The molecule has 0 aliphatic carbocycles. The standard InChI is InChI=1S/C38H39N5O6/c1-46-32-20-17-30(34(24-32)47-2)25-40-37(45)38(21-8-12-27-10-4-3-5-11-27)35(33-14-7-6-13-29(33)26-41-43-39)49-36(42-38)28-15-18-31(19-16-28)48-23-9-22-44/h3-8,10-20,24,35,44H,9,21-23,25-26H2,1-2H3,(H,40,45)/b12-8+/t35-,38-/m1/s1. The number of rotatable bonds is 16. The van der Waals surface area contributed by atoms with Crippen LogP contribution in [0.25, 0.3) is 16.5 Å². The van der Waals surface area contributed by atoms with E-state index in [1.54, 1.807) is 32.4 Å². The summed E-state index contributed by atoms with van der Waals surface area (Å²) in [6, 6.07) is 29.9. The first-order chi connectivity index (χ1) is 24.0. The number of nitrogens with one attached hydrogen (secondary N) is 1. The van der Waals surface area contributed by atoms with Crippen LogP contribution in [0.15, 0.2) is 113 Å². The summed E-state index contributed by atoms with van der Waals surface area (Å²) in [5.74, 6) is 1.77. The Morgan fingerprint density at radius 3 is 2.49 bits per heavy atom. The summed E-state index contributed by atoms with van der Waals surface area (Å²) in [5, 5.41) is 16.0. The molecule has 49 heavy (non-hydrogen) atoms. The Balaban J connectivity index is 1.58. The van der Waals surface area contributed by atoms with Gasteiger partial charge in [0.05, 0.1) is 27.4 Å². The van der Waals surface area contributed by atoms with E-state index < -0.39 is 11.6 Å². The van der Waals surface area contributed by atoms with Gasteiger partial charge in [-0.3, -0.25) is 4.79 Å². The Bertz CT molecular complexity index is 1820. The first-order valence-electron chi connectivity index (χ1n) is 15.9. The Labute approximate surface area is 285 Å². The van der Waals surface area contributed by atoms with Crippen molar-refractivity contribution in [3.63, 3.8) is 0 Å². The van der Waals surface area contributed by atoms with Gasteiger partial charge in [0, 0.05) is 48.1 Å². The molecule has 0 unspecified atom stereocenters. The van der Waals surface area contributed by atoms with Gasteiger partial charge in [-0.15, -0.1) is 0 Å². The zero-order valence-electron chi connectivity index (χ0n) is 27.5. The van der Waals surface area contributed by atoms with Crippen LogP contribution in [0.4, 0.5) is 0 Å². The third-order valence-corrected chi connectivity index (χ3v) is 8.14. The van der Waals surface area contributed by atoms with Crippen LogP contribution in [0.2, 0.25) is 0 Å². The Hall–Kier alpha value is -5.77. The first-order valence-corrected chi connectivity index (χ1v) is 15.9. The zero-order chi connectivity index (χ0) is 34.5. The molecule has 11 nitrogen and oxygen atoms in total. The zero-order valence-corrected chi connectivity index (χ0v) is 27.5. The number of methoxy groups -OCH3 is 2. The number of azide groups is 1. The minimum atomic E-state index is -1.46. The molecule has 0 saturated heterocycles. The lowest BCUT2D eigenvalue weighted by Gasteiger charge is -2.31. The van der Waals surface area contributed by atoms with Gasteiger partial charge in [-0.25, -0.2) is 4.99 Å². The molecular formula is C38H39N5O6. The van der Waals surface area contributed by atoms with Gasteiger partial charge in [0.25, 0.3) is 5.91 Å². The van der Waals surface area contributed by atoms with Gasteiger partial charge >= 0.3 is 0 Å². The van der Waals surface area contributed by atoms with E-state index in [0.29, 0.717) is 41.4 Å². The van der Waals surface area contributed by atoms with Crippen LogP contribution in [-0.2, 0) is 22.6 Å². The van der Waals surface area contributed by atoms with Gasteiger partial charge in [-0.2, -0.15) is 0 Å². The highest BCUT2D eigenvalue weighted by Crippen LogP contribution is 2.44. The van der Waals surface area contributed by atoms with Gasteiger partial charge in [-0.1, -0.05) is 71.9 Å². The second-order valence-corrected chi connectivity index (χ2v) is 11.3. The Morgan fingerprint density at radius 2 is 1.76 bits per heavy atom. The summed E-state index contributed by atoms with van der Waals surface area (Å²) >= 11 is 0. The van der Waals surface area contributed by atoms with E-state index in [1.165, 1.54) is 0 Å². The Kier molecular flexibility index (Phi) is 11.9. The number of aliphatic hydroxyl groups excluding tert-OH is 1. The fraction of sp³-hybridized carbons (Fsp3) is 0.263. The van der Waals surface area contributed by atoms with Gasteiger partial charge in [0.1, 0.15) is 17.2 Å². The second-order valence-electron chi connectivity index (χ2n) is 11.3. The van der Waals surface area contributed by atoms with Gasteiger partial charge in [0.15, 0.2) is 11.6 Å². The molecule has 2 N–H and O–H groups in total. The highest BCUT2D eigenvalue weighted by Gasteiger charge is 2.53. The summed E-state index contributed by atoms with van der Waals surface area (Å²) in [5.41, 5.74) is 11.5. The molecule has 1 aliphatic rings. The molecule has 2 atom stereocenters. The van der Waals surface area contributed by atoms with Crippen molar-refractivity contribution in [1.82, 2.24) is 5.32 Å². The highest BCUT2D eigenvalue weighted by atomic mass is 16.5. The molecule has 4 aromatic rings. The first kappa shape index (κ1) is 34.6. The average molecular weight is 662 g/mol. The maximum Gasteiger partial charge on any atom is 0.252 e. The molecular weight excluding hydrogens is 622 g/mol. The van der Waals surface area contributed by atoms with Gasteiger partial charge in [0.2, 0.25) is 5.90 Å². The van der Waals surface area contributed by atoms with Crippen LogP contribution in [0.1, 0.15) is 46.8 Å². The van der Waals surface area contributed by atoms with Gasteiger partial charge < -0.3 is 29.4 Å². The summed E-state index contributed by atoms with van der Waals surface area (Å²) in [6.07, 6.45) is 3.73. The van der Waals surface area contributed by atoms with Crippen molar-refractivity contribution < 1.29 is 28.8 Å². The number of aliphatic hydroxyl groups is 1. The monoisotopic (exact) mass is 661 g/mol. The van der Waals surface area contributed by atoms with E-state index >= 15 is 0 Å². The van der Waals surface area contributed by atoms with Crippen molar-refractivity contribution in [2.75, 3.05) is 27.4 Å². The number of benzene rings is 4. The smallest absolute Gasteiger partial charge is 0.252 e. The van der Waals surface area contributed by atoms with Crippen molar-refractivity contribution in [2.24, 2.45) is 10.1 Å². The molecule has 0 aromatic heterocycles. The van der Waals surface area contributed by atoms with Crippen LogP contribution in [0, 0.1) is 0 Å². The summed E-state index contributed by atoms with van der Waals surface area (Å²) in [7, 11) is 3.15. The summed E-state index contributed by atoms with van der Waals surface area (Å²) < 4.78 is 23.3. The highest BCUT2D eigenvalue weighted by molar-refractivity contribution is 6.01. The van der Waals surface area contributed by atoms with E-state index in [0.717, 1.165) is 16.7 Å². The van der Waals surface area contributed by atoms with E-state index in [2.05, 4.69) is 15.3 Å². The van der Waals surface area contributed by atoms with E-state index in [4.69, 9.17) is 34.6 Å². The van der Waals surface area contributed by atoms with Crippen molar-refractivity contribution in [2.45, 2.75) is 37.6 Å². The Morgan fingerprint density at radius 1 is 1.00 bits per heavy atom. The van der Waals surface area contributed by atoms with Crippen LogP contribution in [-0.4, -0.2) is 49.9 Å². The van der Waals surface area contributed by atoms with Gasteiger partial charge in [-0.05, 0) is 58.6 Å². The van der Waals surface area contributed by atoms with Crippen molar-refractivity contribution in [3.8, 4) is 17.2 Å². The largest absolute Gasteiger partial charge is 0.497 e. The summed E-state index contributed by atoms with van der Waals surface area (Å²) in [6.45, 7) is 0.656. The minimum absolute atomic E-state index is 0.0411. The number of amides is 1. The molecule has 0 spiro atoms. The number of hydrogen-bond donors (Lipinski definition) is 2. The molecule has 1 aliphatic heterocycles. The molecule has 0 radical (unpaired) electrons.